The molecule has 1 fully saturated rings. The van der Waals surface area contributed by atoms with E-state index in [9.17, 15) is 8.78 Å². The van der Waals surface area contributed by atoms with Gasteiger partial charge in [-0.15, -0.1) is 11.8 Å². The Kier molecular flexibility index (Phi) is 5.64. The van der Waals surface area contributed by atoms with Gasteiger partial charge < -0.3 is 5.32 Å². The monoisotopic (exact) mass is 285 g/mol. The van der Waals surface area contributed by atoms with Gasteiger partial charge in [0.25, 0.3) is 0 Å². The van der Waals surface area contributed by atoms with Crippen molar-refractivity contribution in [3.63, 3.8) is 0 Å². The first-order valence-corrected chi connectivity index (χ1v) is 7.88. The fourth-order valence-corrected chi connectivity index (χ4v) is 3.43. The highest BCUT2D eigenvalue weighted by Crippen LogP contribution is 2.25. The van der Waals surface area contributed by atoms with Crippen LogP contribution in [-0.4, -0.2) is 17.8 Å². The molecule has 1 aliphatic rings. The highest BCUT2D eigenvalue weighted by molar-refractivity contribution is 8.00. The fraction of sp³-hybridized carbons (Fsp3) is 0.600. The summed E-state index contributed by atoms with van der Waals surface area (Å²) in [4.78, 5) is 0.789. The number of hydrogen-bond donors (Lipinski definition) is 1. The van der Waals surface area contributed by atoms with Crippen molar-refractivity contribution in [3.8, 4) is 0 Å². The predicted octanol–water partition coefficient (Wildman–Crippen LogP) is 4.37. The topological polar surface area (TPSA) is 12.0 Å². The minimum Gasteiger partial charge on any atom is -0.313 e. The summed E-state index contributed by atoms with van der Waals surface area (Å²) in [6.07, 6.45) is 6.53. The molecule has 1 nitrogen and oxygen atoms in total. The van der Waals surface area contributed by atoms with Gasteiger partial charge in [-0.1, -0.05) is 26.2 Å². The van der Waals surface area contributed by atoms with E-state index in [1.165, 1.54) is 44.2 Å². The largest absolute Gasteiger partial charge is 0.313 e. The van der Waals surface area contributed by atoms with Crippen molar-refractivity contribution < 1.29 is 8.78 Å². The predicted molar refractivity (Wildman–Crippen MR) is 76.6 cm³/mol. The number of halogens is 2. The maximum Gasteiger partial charge on any atom is 0.159 e. The SMILES string of the molecule is CC(CNC1CCCCC1)Sc1ccc(F)c(F)c1. The molecule has 2 rings (SSSR count). The number of thioether (sulfide) groups is 1. The molecule has 0 radical (unpaired) electrons. The molecule has 0 heterocycles. The molecule has 0 amide bonds. The number of hydrogen-bond acceptors (Lipinski definition) is 2. The van der Waals surface area contributed by atoms with Crippen LogP contribution in [0.4, 0.5) is 8.78 Å². The standard InChI is InChI=1S/C15H21F2NS/c1-11(10-18-12-5-3-2-4-6-12)19-13-7-8-14(16)15(17)9-13/h7-9,11-12,18H,2-6,10H2,1H3. The summed E-state index contributed by atoms with van der Waals surface area (Å²) in [6.45, 7) is 3.02. The van der Waals surface area contributed by atoms with Crippen molar-refractivity contribution >= 4 is 11.8 Å². The average Bonchev–Trinajstić information content (AvgIpc) is 2.42. The lowest BCUT2D eigenvalue weighted by Crippen LogP contribution is -2.35. The van der Waals surface area contributed by atoms with Gasteiger partial charge in [-0.05, 0) is 31.0 Å². The van der Waals surface area contributed by atoms with E-state index < -0.39 is 11.6 Å². The van der Waals surface area contributed by atoms with E-state index in [0.29, 0.717) is 11.3 Å². The quantitative estimate of drug-likeness (QED) is 0.806. The lowest BCUT2D eigenvalue weighted by Gasteiger charge is -2.24. The van der Waals surface area contributed by atoms with Gasteiger partial charge in [-0.2, -0.15) is 0 Å². The molecule has 0 bridgehead atoms. The first-order chi connectivity index (χ1) is 9.15. The summed E-state index contributed by atoms with van der Waals surface area (Å²) in [7, 11) is 0. The van der Waals surface area contributed by atoms with Crippen LogP contribution >= 0.6 is 11.8 Å². The van der Waals surface area contributed by atoms with E-state index in [2.05, 4.69) is 12.2 Å². The first kappa shape index (κ1) is 14.8. The molecular formula is C15H21F2NS. The van der Waals surface area contributed by atoms with Crippen molar-refractivity contribution in [3.05, 3.63) is 29.8 Å². The number of nitrogens with one attached hydrogen (secondary N) is 1. The van der Waals surface area contributed by atoms with Crippen LogP contribution < -0.4 is 5.32 Å². The average molecular weight is 285 g/mol. The van der Waals surface area contributed by atoms with Crippen LogP contribution in [0.5, 0.6) is 0 Å². The van der Waals surface area contributed by atoms with Crippen LogP contribution in [-0.2, 0) is 0 Å². The zero-order valence-corrected chi connectivity index (χ0v) is 12.1. The molecule has 1 aromatic rings. The van der Waals surface area contributed by atoms with Crippen molar-refractivity contribution in [1.29, 1.82) is 0 Å². The van der Waals surface area contributed by atoms with E-state index in [1.54, 1.807) is 17.8 Å². The molecule has 1 aromatic carbocycles. The molecule has 19 heavy (non-hydrogen) atoms. The van der Waals surface area contributed by atoms with Crippen molar-refractivity contribution in [1.82, 2.24) is 5.32 Å². The smallest absolute Gasteiger partial charge is 0.159 e. The molecule has 1 atom stereocenters. The van der Waals surface area contributed by atoms with Gasteiger partial charge in [0.15, 0.2) is 11.6 Å². The Bertz CT molecular complexity index is 405. The highest BCUT2D eigenvalue weighted by atomic mass is 32.2. The van der Waals surface area contributed by atoms with E-state index in [-0.39, 0.29) is 0 Å². The first-order valence-electron chi connectivity index (χ1n) is 7.00. The van der Waals surface area contributed by atoms with Gasteiger partial charge in [0.1, 0.15) is 0 Å². The van der Waals surface area contributed by atoms with Gasteiger partial charge in [0.05, 0.1) is 0 Å². The molecule has 1 unspecified atom stereocenters. The molecule has 0 saturated heterocycles. The Hall–Kier alpha value is -0.610. The molecule has 0 aromatic heterocycles. The second-order valence-corrected chi connectivity index (χ2v) is 6.76. The summed E-state index contributed by atoms with van der Waals surface area (Å²) in [5.74, 6) is -1.55. The molecule has 1 saturated carbocycles. The Balaban J connectivity index is 1.76. The summed E-state index contributed by atoms with van der Waals surface area (Å²) < 4.78 is 25.9. The van der Waals surface area contributed by atoms with Crippen molar-refractivity contribution in [2.45, 2.75) is 55.2 Å². The van der Waals surface area contributed by atoms with E-state index in [0.717, 1.165) is 11.4 Å². The van der Waals surface area contributed by atoms with Crippen molar-refractivity contribution in [2.75, 3.05) is 6.54 Å². The summed E-state index contributed by atoms with van der Waals surface area (Å²) >= 11 is 1.59. The summed E-state index contributed by atoms with van der Waals surface area (Å²) in [5.41, 5.74) is 0. The van der Waals surface area contributed by atoms with Crippen LogP contribution in [0.1, 0.15) is 39.0 Å². The van der Waals surface area contributed by atoms with E-state index in [4.69, 9.17) is 0 Å². The summed E-state index contributed by atoms with van der Waals surface area (Å²) in [5, 5.41) is 3.93. The molecule has 4 heteroatoms. The minimum absolute atomic E-state index is 0.354. The second-order valence-electron chi connectivity index (χ2n) is 5.25. The zero-order valence-electron chi connectivity index (χ0n) is 11.3. The normalized spacial score (nSPS) is 18.5. The van der Waals surface area contributed by atoms with Crippen LogP contribution in [0.2, 0.25) is 0 Å². The third-order valence-electron chi connectivity index (χ3n) is 3.53. The Morgan fingerprint density at radius 2 is 1.95 bits per heavy atom. The highest BCUT2D eigenvalue weighted by Gasteiger charge is 2.14. The third-order valence-corrected chi connectivity index (χ3v) is 4.62. The van der Waals surface area contributed by atoms with Gasteiger partial charge in [-0.25, -0.2) is 8.78 Å². The number of benzene rings is 1. The van der Waals surface area contributed by atoms with Crippen LogP contribution in [0.15, 0.2) is 23.1 Å². The lowest BCUT2D eigenvalue weighted by molar-refractivity contribution is 0.375. The van der Waals surface area contributed by atoms with Gasteiger partial charge >= 0.3 is 0 Å². The zero-order chi connectivity index (χ0) is 13.7. The fourth-order valence-electron chi connectivity index (χ4n) is 2.46. The van der Waals surface area contributed by atoms with Crippen LogP contribution in [0.25, 0.3) is 0 Å². The van der Waals surface area contributed by atoms with Gasteiger partial charge in [0.2, 0.25) is 0 Å². The maximum absolute atomic E-state index is 13.1. The Labute approximate surface area is 118 Å². The third kappa shape index (κ3) is 4.77. The lowest BCUT2D eigenvalue weighted by atomic mass is 9.95. The van der Waals surface area contributed by atoms with Crippen molar-refractivity contribution in [2.24, 2.45) is 0 Å². The second kappa shape index (κ2) is 7.25. The van der Waals surface area contributed by atoms with E-state index >= 15 is 0 Å². The Morgan fingerprint density at radius 1 is 1.21 bits per heavy atom. The summed E-state index contributed by atoms with van der Waals surface area (Å²) in [6, 6.07) is 4.75. The molecule has 1 aliphatic carbocycles. The molecule has 0 spiro atoms. The molecule has 0 aliphatic heterocycles. The van der Waals surface area contributed by atoms with Crippen LogP contribution in [0.3, 0.4) is 0 Å². The van der Waals surface area contributed by atoms with Crippen LogP contribution in [0, 0.1) is 11.6 Å². The minimum atomic E-state index is -0.780. The molecular weight excluding hydrogens is 264 g/mol. The molecule has 1 N–H and O–H groups in total. The maximum atomic E-state index is 13.1. The van der Waals surface area contributed by atoms with Gasteiger partial charge in [-0.3, -0.25) is 0 Å². The van der Waals surface area contributed by atoms with E-state index in [1.807, 2.05) is 0 Å². The Morgan fingerprint density at radius 3 is 2.63 bits per heavy atom. The number of rotatable bonds is 5. The van der Waals surface area contributed by atoms with Gasteiger partial charge in [0, 0.05) is 22.7 Å². The molecule has 106 valence electrons.